The van der Waals surface area contributed by atoms with Crippen molar-refractivity contribution < 1.29 is 9.53 Å². The molecule has 0 aromatic heterocycles. The highest BCUT2D eigenvalue weighted by Crippen LogP contribution is 2.24. The number of methoxy groups -OCH3 is 1. The average Bonchev–Trinajstić information content (AvgIpc) is 2.38. The summed E-state index contributed by atoms with van der Waals surface area (Å²) in [5.41, 5.74) is 1.61. The van der Waals surface area contributed by atoms with Crippen LogP contribution in [0.15, 0.2) is 48.6 Å². The standard InChI is InChI=1S/C16H16O2/c1-11(2)16(17)9-13-6-4-5-12-7-8-14(18-3)10-15(12)13/h4-8,10H,1,9H2,2-3H3. The van der Waals surface area contributed by atoms with Crippen LogP contribution < -0.4 is 4.74 Å². The fraction of sp³-hybridized carbons (Fsp3) is 0.188. The van der Waals surface area contributed by atoms with Crippen molar-refractivity contribution in [2.75, 3.05) is 7.11 Å². The molecule has 0 aliphatic heterocycles. The number of hydrogen-bond acceptors (Lipinski definition) is 2. The van der Waals surface area contributed by atoms with Crippen LogP contribution >= 0.6 is 0 Å². The van der Waals surface area contributed by atoms with E-state index in [9.17, 15) is 4.79 Å². The van der Waals surface area contributed by atoms with Crippen LogP contribution in [0.3, 0.4) is 0 Å². The fourth-order valence-corrected chi connectivity index (χ4v) is 1.92. The third kappa shape index (κ3) is 2.43. The first-order chi connectivity index (χ1) is 8.61. The van der Waals surface area contributed by atoms with Gasteiger partial charge in [0.15, 0.2) is 5.78 Å². The molecule has 0 atom stereocenters. The predicted octanol–water partition coefficient (Wildman–Crippen LogP) is 3.54. The van der Waals surface area contributed by atoms with Crippen LogP contribution in [0.1, 0.15) is 12.5 Å². The third-order valence-electron chi connectivity index (χ3n) is 3.01. The smallest absolute Gasteiger partial charge is 0.162 e. The molecule has 2 rings (SSSR count). The van der Waals surface area contributed by atoms with Gasteiger partial charge in [0.25, 0.3) is 0 Å². The topological polar surface area (TPSA) is 26.3 Å². The number of benzene rings is 2. The van der Waals surface area contributed by atoms with Gasteiger partial charge in [-0.2, -0.15) is 0 Å². The Bertz CT molecular complexity index is 612. The summed E-state index contributed by atoms with van der Waals surface area (Å²) in [5.74, 6) is 0.878. The number of carbonyl (C=O) groups excluding carboxylic acids is 1. The zero-order valence-corrected chi connectivity index (χ0v) is 10.7. The van der Waals surface area contributed by atoms with Crippen molar-refractivity contribution in [3.63, 3.8) is 0 Å². The molecule has 0 bridgehead atoms. The van der Waals surface area contributed by atoms with Crippen LogP contribution in [0, 0.1) is 0 Å². The number of fused-ring (bicyclic) bond motifs is 1. The summed E-state index contributed by atoms with van der Waals surface area (Å²) in [6.45, 7) is 5.43. The average molecular weight is 240 g/mol. The first-order valence-electron chi connectivity index (χ1n) is 5.86. The van der Waals surface area contributed by atoms with Gasteiger partial charge in [0.05, 0.1) is 7.11 Å². The minimum Gasteiger partial charge on any atom is -0.497 e. The van der Waals surface area contributed by atoms with E-state index in [-0.39, 0.29) is 5.78 Å². The summed E-state index contributed by atoms with van der Waals surface area (Å²) in [6.07, 6.45) is 0.389. The van der Waals surface area contributed by atoms with Crippen molar-refractivity contribution in [2.24, 2.45) is 0 Å². The Morgan fingerprint density at radius 3 is 2.72 bits per heavy atom. The van der Waals surface area contributed by atoms with Crippen LogP contribution in [0.2, 0.25) is 0 Å². The van der Waals surface area contributed by atoms with Crippen molar-refractivity contribution in [3.8, 4) is 5.75 Å². The molecule has 18 heavy (non-hydrogen) atoms. The molecule has 2 aromatic carbocycles. The lowest BCUT2D eigenvalue weighted by atomic mass is 9.98. The second kappa shape index (κ2) is 5.05. The Labute approximate surface area is 107 Å². The summed E-state index contributed by atoms with van der Waals surface area (Å²) >= 11 is 0. The third-order valence-corrected chi connectivity index (χ3v) is 3.01. The Balaban J connectivity index is 2.49. The lowest BCUT2D eigenvalue weighted by molar-refractivity contribution is -0.114. The van der Waals surface area contributed by atoms with E-state index in [2.05, 4.69) is 6.58 Å². The van der Waals surface area contributed by atoms with Gasteiger partial charge in [0, 0.05) is 6.42 Å². The molecule has 0 spiro atoms. The molecule has 0 unspecified atom stereocenters. The Morgan fingerprint density at radius 1 is 1.28 bits per heavy atom. The lowest BCUT2D eigenvalue weighted by Gasteiger charge is -2.08. The summed E-state index contributed by atoms with van der Waals surface area (Å²) in [5, 5.41) is 2.18. The second-order valence-electron chi connectivity index (χ2n) is 4.38. The van der Waals surface area contributed by atoms with Gasteiger partial charge in [-0.1, -0.05) is 30.8 Å². The molecule has 0 aliphatic carbocycles. The van der Waals surface area contributed by atoms with Gasteiger partial charge in [-0.15, -0.1) is 0 Å². The molecule has 0 saturated carbocycles. The van der Waals surface area contributed by atoms with E-state index < -0.39 is 0 Å². The van der Waals surface area contributed by atoms with E-state index in [0.717, 1.165) is 22.1 Å². The SMILES string of the molecule is C=C(C)C(=O)Cc1cccc2ccc(OC)cc12. The molecule has 0 fully saturated rings. The van der Waals surface area contributed by atoms with Crippen LogP contribution in [-0.4, -0.2) is 12.9 Å². The van der Waals surface area contributed by atoms with Gasteiger partial charge in [0.1, 0.15) is 5.75 Å². The monoisotopic (exact) mass is 240 g/mol. The molecular formula is C16H16O2. The summed E-state index contributed by atoms with van der Waals surface area (Å²) < 4.78 is 5.23. The molecule has 92 valence electrons. The van der Waals surface area contributed by atoms with Crippen LogP contribution in [0.25, 0.3) is 10.8 Å². The van der Waals surface area contributed by atoms with Crippen molar-refractivity contribution in [2.45, 2.75) is 13.3 Å². The normalized spacial score (nSPS) is 10.3. The number of allylic oxidation sites excluding steroid dienone is 1. The molecule has 2 aromatic rings. The molecule has 0 N–H and O–H groups in total. The summed E-state index contributed by atoms with van der Waals surface area (Å²) in [7, 11) is 1.64. The molecule has 2 heteroatoms. The first-order valence-corrected chi connectivity index (χ1v) is 5.86. The highest BCUT2D eigenvalue weighted by molar-refractivity contribution is 5.99. The largest absolute Gasteiger partial charge is 0.497 e. The number of ketones is 1. The maximum absolute atomic E-state index is 11.8. The Kier molecular flexibility index (Phi) is 3.47. The molecule has 0 heterocycles. The van der Waals surface area contributed by atoms with Crippen molar-refractivity contribution in [1.82, 2.24) is 0 Å². The molecular weight excluding hydrogens is 224 g/mol. The van der Waals surface area contributed by atoms with Gasteiger partial charge >= 0.3 is 0 Å². The highest BCUT2D eigenvalue weighted by atomic mass is 16.5. The molecule has 0 saturated heterocycles. The maximum atomic E-state index is 11.8. The van der Waals surface area contributed by atoms with Gasteiger partial charge < -0.3 is 4.74 Å². The summed E-state index contributed by atoms with van der Waals surface area (Å²) in [4.78, 5) is 11.8. The van der Waals surface area contributed by atoms with Crippen LogP contribution in [0.5, 0.6) is 5.75 Å². The quantitative estimate of drug-likeness (QED) is 0.764. The van der Waals surface area contributed by atoms with Crippen LogP contribution in [-0.2, 0) is 11.2 Å². The van der Waals surface area contributed by atoms with Gasteiger partial charge in [0.2, 0.25) is 0 Å². The number of rotatable bonds is 4. The summed E-state index contributed by atoms with van der Waals surface area (Å²) in [6, 6.07) is 11.9. The predicted molar refractivity (Wildman–Crippen MR) is 74.0 cm³/mol. The minimum atomic E-state index is 0.0744. The number of hydrogen-bond donors (Lipinski definition) is 0. The molecule has 0 amide bonds. The van der Waals surface area contributed by atoms with Gasteiger partial charge in [-0.05, 0) is 41.0 Å². The van der Waals surface area contributed by atoms with Gasteiger partial charge in [-0.25, -0.2) is 0 Å². The number of Topliss-reactive ketones (excluding diaryl/α,β-unsaturated/α-hetero) is 1. The van der Waals surface area contributed by atoms with Crippen LogP contribution in [0.4, 0.5) is 0 Å². The minimum absolute atomic E-state index is 0.0744. The van der Waals surface area contributed by atoms with Crippen molar-refractivity contribution in [3.05, 3.63) is 54.1 Å². The second-order valence-corrected chi connectivity index (χ2v) is 4.38. The molecule has 0 aliphatic rings. The van der Waals surface area contributed by atoms with Crippen molar-refractivity contribution >= 4 is 16.6 Å². The zero-order valence-electron chi connectivity index (χ0n) is 10.7. The van der Waals surface area contributed by atoms with E-state index in [4.69, 9.17) is 4.74 Å². The van der Waals surface area contributed by atoms with E-state index in [0.29, 0.717) is 12.0 Å². The number of ether oxygens (including phenoxy) is 1. The highest BCUT2D eigenvalue weighted by Gasteiger charge is 2.08. The maximum Gasteiger partial charge on any atom is 0.162 e. The Morgan fingerprint density at radius 2 is 2.06 bits per heavy atom. The van der Waals surface area contributed by atoms with E-state index in [1.165, 1.54) is 0 Å². The Hall–Kier alpha value is -2.09. The van der Waals surface area contributed by atoms with Crippen molar-refractivity contribution in [1.29, 1.82) is 0 Å². The molecule has 2 nitrogen and oxygen atoms in total. The van der Waals surface area contributed by atoms with E-state index >= 15 is 0 Å². The fourth-order valence-electron chi connectivity index (χ4n) is 1.92. The molecule has 0 radical (unpaired) electrons. The zero-order chi connectivity index (χ0) is 13.1. The number of carbonyl (C=O) groups is 1. The van der Waals surface area contributed by atoms with E-state index in [1.807, 2.05) is 36.4 Å². The first kappa shape index (κ1) is 12.4. The van der Waals surface area contributed by atoms with Gasteiger partial charge in [-0.3, -0.25) is 4.79 Å². The lowest BCUT2D eigenvalue weighted by Crippen LogP contribution is -2.03. The van der Waals surface area contributed by atoms with E-state index in [1.54, 1.807) is 14.0 Å².